The fourth-order valence-corrected chi connectivity index (χ4v) is 5.01. The van der Waals surface area contributed by atoms with Crippen molar-refractivity contribution in [3.8, 4) is 0 Å². The van der Waals surface area contributed by atoms with Crippen LogP contribution in [0.25, 0.3) is 0 Å². The van der Waals surface area contributed by atoms with Crippen molar-refractivity contribution in [2.24, 2.45) is 21.7 Å². The van der Waals surface area contributed by atoms with E-state index in [0.29, 0.717) is 12.8 Å². The summed E-state index contributed by atoms with van der Waals surface area (Å²) in [5.74, 6) is 0.0714. The lowest BCUT2D eigenvalue weighted by atomic mass is 9.91. The van der Waals surface area contributed by atoms with Crippen molar-refractivity contribution in [2.45, 2.75) is 201 Å². The molecule has 47 heavy (non-hydrogen) atoms. The monoisotopic (exact) mass is 696 g/mol. The Labute approximate surface area is 293 Å². The maximum Gasteiger partial charge on any atom is 0.306 e. The molecule has 0 aromatic heterocycles. The molecule has 0 atom stereocenters. The zero-order valence-corrected chi connectivity index (χ0v) is 36.4. The molecule has 0 saturated heterocycles. The highest BCUT2D eigenvalue weighted by molar-refractivity contribution is 7.86. The number of hydrogen-bond acceptors (Lipinski definition) is 7. The average molecular weight is 696 g/mol. The minimum Gasteiger partial charge on any atom is -0.460 e. The molecule has 0 spiro atoms. The van der Waals surface area contributed by atoms with Gasteiger partial charge >= 0.3 is 5.97 Å². The van der Waals surface area contributed by atoms with E-state index in [1.165, 1.54) is 0 Å². The summed E-state index contributed by atoms with van der Waals surface area (Å²) in [6.07, 6.45) is 1.06. The molecule has 1 N–H and O–H groups in total. The van der Waals surface area contributed by atoms with Gasteiger partial charge in [0.05, 0.1) is 30.0 Å². The SMILES string of the molecule is CC(C)(C)CC(=O)NC(C)(C)C.CC(C)(C)CC(=O)OC(C)(C)C.CC(C)(C)COC(C)(C)C.CC(C)(C)CS(=O)(=O)OC(C)(C)C. The van der Waals surface area contributed by atoms with Crippen molar-refractivity contribution in [3.05, 3.63) is 0 Å². The van der Waals surface area contributed by atoms with Gasteiger partial charge in [0.1, 0.15) is 5.60 Å². The smallest absolute Gasteiger partial charge is 0.306 e. The van der Waals surface area contributed by atoms with Crippen LogP contribution in [-0.4, -0.2) is 55.0 Å². The molecule has 286 valence electrons. The van der Waals surface area contributed by atoms with Gasteiger partial charge in [-0.25, -0.2) is 0 Å². The maximum absolute atomic E-state index is 11.4. The zero-order valence-electron chi connectivity index (χ0n) is 35.6. The lowest BCUT2D eigenvalue weighted by Crippen LogP contribution is -2.41. The van der Waals surface area contributed by atoms with Crippen LogP contribution < -0.4 is 5.32 Å². The molecule has 9 heteroatoms. The third kappa shape index (κ3) is 57.4. The lowest BCUT2D eigenvalue weighted by molar-refractivity contribution is -0.157. The van der Waals surface area contributed by atoms with Crippen LogP contribution in [0.2, 0.25) is 0 Å². The Morgan fingerprint density at radius 1 is 0.511 bits per heavy atom. The summed E-state index contributed by atoms with van der Waals surface area (Å²) in [5.41, 5.74) is -0.975. The number of nitrogens with one attached hydrogen (secondary N) is 1. The molecular weight excluding hydrogens is 614 g/mol. The summed E-state index contributed by atoms with van der Waals surface area (Å²) in [5, 5.41) is 2.94. The summed E-state index contributed by atoms with van der Waals surface area (Å²) in [7, 11) is -3.40. The number of hydrogen-bond donors (Lipinski definition) is 1. The topological polar surface area (TPSA) is 108 Å². The van der Waals surface area contributed by atoms with Crippen molar-refractivity contribution in [2.75, 3.05) is 12.4 Å². The van der Waals surface area contributed by atoms with Crippen LogP contribution in [0.4, 0.5) is 0 Å². The molecule has 0 aliphatic carbocycles. The molecule has 0 bridgehead atoms. The van der Waals surface area contributed by atoms with Crippen LogP contribution in [0.1, 0.15) is 179 Å². The Bertz CT molecular complexity index is 878. The molecule has 0 aromatic rings. The zero-order chi connectivity index (χ0) is 39.3. The first kappa shape index (κ1) is 52.6. The second kappa shape index (κ2) is 19.3. The van der Waals surface area contributed by atoms with Gasteiger partial charge in [-0.05, 0) is 105 Å². The van der Waals surface area contributed by atoms with Crippen molar-refractivity contribution >= 4 is 22.0 Å². The van der Waals surface area contributed by atoms with E-state index in [-0.39, 0.29) is 56.0 Å². The Kier molecular flexibility index (Phi) is 21.6. The lowest BCUT2D eigenvalue weighted by Gasteiger charge is -2.26. The van der Waals surface area contributed by atoms with Crippen molar-refractivity contribution in [3.63, 3.8) is 0 Å². The van der Waals surface area contributed by atoms with E-state index < -0.39 is 15.7 Å². The number of esters is 1. The number of carbonyl (C=O) groups is 2. The van der Waals surface area contributed by atoms with E-state index in [1.807, 2.05) is 83.1 Å². The van der Waals surface area contributed by atoms with Crippen LogP contribution >= 0.6 is 0 Å². The van der Waals surface area contributed by atoms with E-state index in [0.717, 1.165) is 6.61 Å². The molecule has 0 aliphatic heterocycles. The first-order valence-electron chi connectivity index (χ1n) is 16.9. The van der Waals surface area contributed by atoms with Gasteiger partial charge in [-0.2, -0.15) is 8.42 Å². The Morgan fingerprint density at radius 2 is 0.894 bits per heavy atom. The van der Waals surface area contributed by atoms with Gasteiger partial charge in [0.15, 0.2) is 0 Å². The third-order valence-electron chi connectivity index (χ3n) is 4.22. The van der Waals surface area contributed by atoms with Crippen molar-refractivity contribution < 1.29 is 31.7 Å². The van der Waals surface area contributed by atoms with E-state index in [2.05, 4.69) is 67.6 Å². The predicted octanol–water partition coefficient (Wildman–Crippen LogP) is 10.1. The molecule has 0 rings (SSSR count). The van der Waals surface area contributed by atoms with Crippen molar-refractivity contribution in [1.82, 2.24) is 5.32 Å². The Hall–Kier alpha value is -1.19. The molecule has 0 aliphatic rings. The minimum absolute atomic E-state index is 0.00722. The van der Waals surface area contributed by atoms with Crippen LogP contribution in [-0.2, 0) is 33.4 Å². The first-order valence-corrected chi connectivity index (χ1v) is 18.5. The molecule has 0 heterocycles. The van der Waals surface area contributed by atoms with Gasteiger partial charge in [-0.1, -0.05) is 83.1 Å². The number of ether oxygens (including phenoxy) is 2. The minimum atomic E-state index is -3.40. The highest BCUT2D eigenvalue weighted by Gasteiger charge is 2.27. The van der Waals surface area contributed by atoms with Crippen LogP contribution in [0.15, 0.2) is 0 Å². The number of rotatable bonds is 5. The van der Waals surface area contributed by atoms with Crippen molar-refractivity contribution in [1.29, 1.82) is 0 Å². The highest BCUT2D eigenvalue weighted by Crippen LogP contribution is 2.22. The Morgan fingerprint density at radius 3 is 1.11 bits per heavy atom. The fourth-order valence-electron chi connectivity index (χ4n) is 3.13. The predicted molar refractivity (Wildman–Crippen MR) is 201 cm³/mol. The molecule has 1 amide bonds. The second-order valence-electron chi connectivity index (χ2n) is 21.3. The van der Waals surface area contributed by atoms with E-state index >= 15 is 0 Å². The standard InChI is InChI=1S/C10H21NO.C10H20O2.C9H20O3S.C9H20O/c1-9(2,3)7-8(12)11-10(4,5)6;1-9(2,3)7-8(11)12-10(4,5)6;1-8(2,3)7-13(10,11)12-9(4,5)6;1-8(2,3)7-10-9(4,5)6/h7H2,1-6H3,(H,11,12);7H2,1-6H3;7H2,1-6H3;7H2,1-6H3. The van der Waals surface area contributed by atoms with E-state index in [4.69, 9.17) is 13.7 Å². The summed E-state index contributed by atoms with van der Waals surface area (Å²) >= 11 is 0. The van der Waals surface area contributed by atoms with Gasteiger partial charge in [0.25, 0.3) is 10.1 Å². The largest absolute Gasteiger partial charge is 0.460 e. The van der Waals surface area contributed by atoms with E-state index in [9.17, 15) is 18.0 Å². The fraction of sp³-hybridized carbons (Fsp3) is 0.947. The van der Waals surface area contributed by atoms with Crippen LogP contribution in [0.3, 0.4) is 0 Å². The summed E-state index contributed by atoms with van der Waals surface area (Å²) in [6, 6.07) is 0. The second-order valence-corrected chi connectivity index (χ2v) is 22.9. The molecule has 0 fully saturated rings. The normalized spacial score (nSPS) is 13.5. The third-order valence-corrected chi connectivity index (χ3v) is 6.20. The van der Waals surface area contributed by atoms with Gasteiger partial charge in [0, 0.05) is 12.0 Å². The molecule has 8 nitrogen and oxygen atoms in total. The average Bonchev–Trinajstić information content (AvgIpc) is 2.56. The molecular formula is C38H81NO7S. The number of carbonyl (C=O) groups excluding carboxylic acids is 2. The first-order chi connectivity index (χ1) is 19.8. The van der Waals surface area contributed by atoms with Gasteiger partial charge in [0.2, 0.25) is 5.91 Å². The van der Waals surface area contributed by atoms with Gasteiger partial charge in [-0.15, -0.1) is 0 Å². The quantitative estimate of drug-likeness (QED) is 0.225. The van der Waals surface area contributed by atoms with Gasteiger partial charge in [-0.3, -0.25) is 13.8 Å². The van der Waals surface area contributed by atoms with Gasteiger partial charge < -0.3 is 14.8 Å². The van der Waals surface area contributed by atoms with Crippen LogP contribution in [0, 0.1) is 21.7 Å². The number of amides is 1. The molecule has 0 aromatic carbocycles. The molecule has 0 unspecified atom stereocenters. The summed E-state index contributed by atoms with van der Waals surface area (Å²) in [4.78, 5) is 22.6. The summed E-state index contributed by atoms with van der Waals surface area (Å²) in [6.45, 7) is 48.3. The molecule has 0 radical (unpaired) electrons. The maximum atomic E-state index is 11.4. The Balaban J connectivity index is -0.000000263. The highest BCUT2D eigenvalue weighted by atomic mass is 32.2. The summed E-state index contributed by atoms with van der Waals surface area (Å²) < 4.78 is 38.6. The van der Waals surface area contributed by atoms with E-state index in [1.54, 1.807) is 20.8 Å². The van der Waals surface area contributed by atoms with Crippen LogP contribution in [0.5, 0.6) is 0 Å². The molecule has 0 saturated carbocycles.